The summed E-state index contributed by atoms with van der Waals surface area (Å²) in [5.74, 6) is 0.805. The fourth-order valence-electron chi connectivity index (χ4n) is 2.13. The van der Waals surface area contributed by atoms with E-state index < -0.39 is 0 Å². The Balaban J connectivity index is 1.35. The van der Waals surface area contributed by atoms with Crippen LogP contribution in [0.3, 0.4) is 0 Å². The minimum Gasteiger partial charge on any atom is -0.492 e. The Kier molecular flexibility index (Phi) is 5.87. The molecule has 3 aromatic rings. The molecular weight excluding hydrogens is 340 g/mol. The van der Waals surface area contributed by atoms with Crippen LogP contribution in [0.25, 0.3) is 11.1 Å². The van der Waals surface area contributed by atoms with Crippen LogP contribution in [0, 0.1) is 0 Å². The van der Waals surface area contributed by atoms with Gasteiger partial charge in [-0.3, -0.25) is 0 Å². The lowest BCUT2D eigenvalue weighted by molar-refractivity contribution is 0.236. The van der Waals surface area contributed by atoms with Crippen molar-refractivity contribution in [1.82, 2.24) is 10.6 Å². The van der Waals surface area contributed by atoms with Gasteiger partial charge in [0.15, 0.2) is 0 Å². The summed E-state index contributed by atoms with van der Waals surface area (Å²) in [5, 5.41) is 12.0. The molecule has 1 aromatic carbocycles. The van der Waals surface area contributed by atoms with Crippen LogP contribution in [0.2, 0.25) is 0 Å². The van der Waals surface area contributed by atoms with E-state index in [1.165, 1.54) is 11.1 Å². The minimum atomic E-state index is -0.183. The summed E-state index contributed by atoms with van der Waals surface area (Å²) >= 11 is 3.34. The number of amides is 2. The number of benzene rings is 1. The van der Waals surface area contributed by atoms with Crippen LogP contribution in [0.4, 0.5) is 4.79 Å². The highest BCUT2D eigenvalue weighted by atomic mass is 32.1. The molecule has 24 heavy (non-hydrogen) atoms. The maximum Gasteiger partial charge on any atom is 0.315 e. The van der Waals surface area contributed by atoms with Crippen molar-refractivity contribution in [1.29, 1.82) is 0 Å². The van der Waals surface area contributed by atoms with Crippen molar-refractivity contribution in [2.45, 2.75) is 6.54 Å². The van der Waals surface area contributed by atoms with Crippen LogP contribution >= 0.6 is 22.7 Å². The van der Waals surface area contributed by atoms with Crippen molar-refractivity contribution in [2.75, 3.05) is 13.2 Å². The summed E-state index contributed by atoms with van der Waals surface area (Å²) in [4.78, 5) is 12.9. The number of carbonyl (C=O) groups excluding carboxylic acids is 1. The van der Waals surface area contributed by atoms with Crippen LogP contribution in [-0.2, 0) is 6.54 Å². The highest BCUT2D eigenvalue weighted by molar-refractivity contribution is 7.10. The van der Waals surface area contributed by atoms with Crippen molar-refractivity contribution in [3.8, 4) is 16.9 Å². The molecule has 0 saturated carbocycles. The van der Waals surface area contributed by atoms with Gasteiger partial charge in [0, 0.05) is 4.88 Å². The van der Waals surface area contributed by atoms with Gasteiger partial charge >= 0.3 is 6.03 Å². The smallest absolute Gasteiger partial charge is 0.315 e. The number of thiophene rings is 2. The van der Waals surface area contributed by atoms with E-state index in [-0.39, 0.29) is 6.03 Å². The second-order valence-corrected chi connectivity index (χ2v) is 6.86. The Hall–Kier alpha value is -2.31. The van der Waals surface area contributed by atoms with Gasteiger partial charge in [-0.1, -0.05) is 18.2 Å². The third kappa shape index (κ3) is 4.84. The van der Waals surface area contributed by atoms with E-state index in [0.717, 1.165) is 10.6 Å². The van der Waals surface area contributed by atoms with E-state index in [9.17, 15) is 4.79 Å². The second kappa shape index (κ2) is 8.52. The fraction of sp³-hybridized carbons (Fsp3) is 0.167. The Morgan fingerprint density at radius 1 is 1.04 bits per heavy atom. The van der Waals surface area contributed by atoms with Crippen molar-refractivity contribution in [2.24, 2.45) is 0 Å². The lowest BCUT2D eigenvalue weighted by Crippen LogP contribution is -2.37. The van der Waals surface area contributed by atoms with Gasteiger partial charge in [-0.15, -0.1) is 11.3 Å². The lowest BCUT2D eigenvalue weighted by Gasteiger charge is -2.08. The summed E-state index contributed by atoms with van der Waals surface area (Å²) in [5.41, 5.74) is 2.43. The lowest BCUT2D eigenvalue weighted by atomic mass is 10.2. The first-order valence-electron chi connectivity index (χ1n) is 7.61. The van der Waals surface area contributed by atoms with Gasteiger partial charge in [0.1, 0.15) is 12.4 Å². The number of nitrogens with one attached hydrogen (secondary N) is 2. The molecule has 2 aromatic heterocycles. The van der Waals surface area contributed by atoms with E-state index in [1.807, 2.05) is 30.3 Å². The molecule has 0 fully saturated rings. The average Bonchev–Trinajstić information content (AvgIpc) is 3.29. The van der Waals surface area contributed by atoms with Gasteiger partial charge in [-0.2, -0.15) is 11.3 Å². The number of hydrogen-bond acceptors (Lipinski definition) is 4. The Labute approximate surface area is 149 Å². The fourth-order valence-corrected chi connectivity index (χ4v) is 3.63. The monoisotopic (exact) mass is 358 g/mol. The maximum absolute atomic E-state index is 11.8. The van der Waals surface area contributed by atoms with Crippen molar-refractivity contribution >= 4 is 28.7 Å². The van der Waals surface area contributed by atoms with Crippen LogP contribution < -0.4 is 15.4 Å². The van der Waals surface area contributed by atoms with E-state index in [2.05, 4.69) is 38.9 Å². The van der Waals surface area contributed by atoms with Crippen LogP contribution in [0.15, 0.2) is 58.6 Å². The standard InChI is InChI=1S/C18H18N2O2S2/c21-18(19-7-8-22-16-4-2-1-3-5-16)20-11-17-10-15(13-24-17)14-6-9-23-12-14/h1-6,9-10,12-13H,7-8,11H2,(H2,19,20,21). The van der Waals surface area contributed by atoms with E-state index in [0.29, 0.717) is 19.7 Å². The van der Waals surface area contributed by atoms with Crippen LogP contribution in [0.1, 0.15) is 4.88 Å². The molecule has 6 heteroatoms. The zero-order valence-corrected chi connectivity index (χ0v) is 14.7. The SMILES string of the molecule is O=C(NCCOc1ccccc1)NCc1cc(-c2ccsc2)cs1. The number of ether oxygens (including phenoxy) is 1. The third-order valence-corrected chi connectivity index (χ3v) is 4.95. The average molecular weight is 358 g/mol. The van der Waals surface area contributed by atoms with E-state index >= 15 is 0 Å². The Morgan fingerprint density at radius 2 is 1.92 bits per heavy atom. The zero-order chi connectivity index (χ0) is 16.6. The van der Waals surface area contributed by atoms with Gasteiger partial charge in [0.2, 0.25) is 0 Å². The topological polar surface area (TPSA) is 50.4 Å². The van der Waals surface area contributed by atoms with Crippen molar-refractivity contribution < 1.29 is 9.53 Å². The van der Waals surface area contributed by atoms with E-state index in [1.54, 1.807) is 22.7 Å². The van der Waals surface area contributed by atoms with E-state index in [4.69, 9.17) is 4.74 Å². The second-order valence-electron chi connectivity index (χ2n) is 5.08. The molecule has 0 saturated heterocycles. The molecule has 0 radical (unpaired) electrons. The van der Waals surface area contributed by atoms with Crippen molar-refractivity contribution in [3.63, 3.8) is 0 Å². The number of carbonyl (C=O) groups is 1. The first-order valence-corrected chi connectivity index (χ1v) is 9.43. The summed E-state index contributed by atoms with van der Waals surface area (Å²) in [6.07, 6.45) is 0. The predicted octanol–water partition coefficient (Wildman–Crippen LogP) is 4.35. The molecule has 0 spiro atoms. The summed E-state index contributed by atoms with van der Waals surface area (Å²) in [6.45, 7) is 1.43. The molecule has 0 unspecified atom stereocenters. The number of rotatable bonds is 7. The number of hydrogen-bond donors (Lipinski definition) is 2. The zero-order valence-electron chi connectivity index (χ0n) is 13.0. The Morgan fingerprint density at radius 3 is 2.71 bits per heavy atom. The highest BCUT2D eigenvalue weighted by Crippen LogP contribution is 2.27. The van der Waals surface area contributed by atoms with Gasteiger partial charge in [-0.05, 0) is 51.5 Å². The molecule has 4 nitrogen and oxygen atoms in total. The van der Waals surface area contributed by atoms with Crippen molar-refractivity contribution in [3.05, 3.63) is 63.5 Å². The first kappa shape index (κ1) is 16.5. The molecule has 0 aliphatic carbocycles. The maximum atomic E-state index is 11.8. The summed E-state index contributed by atoms with van der Waals surface area (Å²) < 4.78 is 5.52. The summed E-state index contributed by atoms with van der Waals surface area (Å²) in [6, 6.07) is 13.6. The highest BCUT2D eigenvalue weighted by Gasteiger charge is 2.05. The van der Waals surface area contributed by atoms with Gasteiger partial charge in [0.05, 0.1) is 13.1 Å². The minimum absolute atomic E-state index is 0.183. The van der Waals surface area contributed by atoms with Crippen LogP contribution in [0.5, 0.6) is 5.75 Å². The van der Waals surface area contributed by atoms with Gasteiger partial charge in [-0.25, -0.2) is 4.79 Å². The molecule has 0 aliphatic rings. The first-order chi connectivity index (χ1) is 11.8. The number of para-hydroxylation sites is 1. The molecule has 0 bridgehead atoms. The molecule has 2 heterocycles. The molecule has 0 aliphatic heterocycles. The predicted molar refractivity (Wildman–Crippen MR) is 99.8 cm³/mol. The number of urea groups is 1. The quantitative estimate of drug-likeness (QED) is 0.617. The largest absolute Gasteiger partial charge is 0.492 e. The van der Waals surface area contributed by atoms with Gasteiger partial charge in [0.25, 0.3) is 0 Å². The summed E-state index contributed by atoms with van der Waals surface area (Å²) in [7, 11) is 0. The molecule has 2 amide bonds. The van der Waals surface area contributed by atoms with Crippen LogP contribution in [-0.4, -0.2) is 19.2 Å². The molecule has 2 N–H and O–H groups in total. The normalized spacial score (nSPS) is 10.3. The molecular formula is C18H18N2O2S2. The third-order valence-electron chi connectivity index (χ3n) is 3.33. The Bertz CT molecular complexity index is 754. The molecule has 3 rings (SSSR count). The molecule has 124 valence electrons. The molecule has 0 atom stereocenters. The van der Waals surface area contributed by atoms with Gasteiger partial charge < -0.3 is 15.4 Å².